The Bertz CT molecular complexity index is 647. The Morgan fingerprint density at radius 3 is 2.95 bits per heavy atom. The van der Waals surface area contributed by atoms with Gasteiger partial charge in [-0.25, -0.2) is 8.78 Å². The fourth-order valence-electron chi connectivity index (χ4n) is 2.73. The maximum Gasteiger partial charge on any atom is 0.223 e. The molecule has 0 saturated carbocycles. The average molecular weight is 295 g/mol. The number of aliphatic hydroxyl groups is 1. The van der Waals surface area contributed by atoms with Gasteiger partial charge in [-0.15, -0.1) is 0 Å². The van der Waals surface area contributed by atoms with Crippen LogP contribution in [0.2, 0.25) is 0 Å². The van der Waals surface area contributed by atoms with Crippen LogP contribution < -0.4 is 0 Å². The molecule has 21 heavy (non-hydrogen) atoms. The van der Waals surface area contributed by atoms with Crippen LogP contribution >= 0.6 is 0 Å². The summed E-state index contributed by atoms with van der Waals surface area (Å²) in [4.78, 5) is 5.92. The first-order valence-electron chi connectivity index (χ1n) is 6.69. The highest BCUT2D eigenvalue weighted by Crippen LogP contribution is 2.34. The van der Waals surface area contributed by atoms with Crippen molar-refractivity contribution in [3.63, 3.8) is 0 Å². The van der Waals surface area contributed by atoms with E-state index in [9.17, 15) is 13.9 Å². The van der Waals surface area contributed by atoms with Gasteiger partial charge >= 0.3 is 0 Å². The molecule has 2 aromatic rings. The summed E-state index contributed by atoms with van der Waals surface area (Å²) in [5.74, 6) is -0.0745. The summed E-state index contributed by atoms with van der Waals surface area (Å²) >= 11 is 0. The van der Waals surface area contributed by atoms with Crippen molar-refractivity contribution >= 4 is 0 Å². The molecule has 1 aromatic carbocycles. The molecule has 1 aliphatic rings. The summed E-state index contributed by atoms with van der Waals surface area (Å²) in [7, 11) is 0. The summed E-state index contributed by atoms with van der Waals surface area (Å²) in [6, 6.07) is 2.95. The summed E-state index contributed by atoms with van der Waals surface area (Å²) in [6.45, 7) is 2.35. The van der Waals surface area contributed by atoms with Crippen LogP contribution in [0.15, 0.2) is 22.7 Å². The van der Waals surface area contributed by atoms with Crippen LogP contribution in [0.1, 0.15) is 29.7 Å². The zero-order valence-electron chi connectivity index (χ0n) is 11.5. The Morgan fingerprint density at radius 2 is 2.24 bits per heavy atom. The van der Waals surface area contributed by atoms with Gasteiger partial charge in [0.25, 0.3) is 0 Å². The number of aromatic nitrogens is 2. The Labute approximate surface area is 120 Å². The molecule has 7 heteroatoms. The minimum Gasteiger partial charge on any atom is -0.392 e. The molecule has 0 bridgehead atoms. The minimum absolute atomic E-state index is 0.242. The SMILES string of the molecule is Cc1nc(CN2C[C@H](O)C[C@H]2c2cc(F)ccc2F)no1. The molecule has 0 radical (unpaired) electrons. The lowest BCUT2D eigenvalue weighted by atomic mass is 10.0. The molecule has 112 valence electrons. The second-order valence-electron chi connectivity index (χ2n) is 5.23. The van der Waals surface area contributed by atoms with E-state index in [1.807, 2.05) is 4.90 Å². The fourth-order valence-corrected chi connectivity index (χ4v) is 2.73. The molecule has 0 aliphatic carbocycles. The van der Waals surface area contributed by atoms with Gasteiger partial charge in [0.15, 0.2) is 5.82 Å². The molecule has 1 aromatic heterocycles. The quantitative estimate of drug-likeness (QED) is 0.938. The molecule has 0 amide bonds. The Balaban J connectivity index is 1.86. The highest BCUT2D eigenvalue weighted by molar-refractivity contribution is 5.24. The largest absolute Gasteiger partial charge is 0.392 e. The highest BCUT2D eigenvalue weighted by atomic mass is 19.1. The smallest absolute Gasteiger partial charge is 0.223 e. The number of hydrogen-bond donors (Lipinski definition) is 1. The molecular weight excluding hydrogens is 280 g/mol. The predicted molar refractivity (Wildman–Crippen MR) is 69.2 cm³/mol. The zero-order chi connectivity index (χ0) is 15.0. The van der Waals surface area contributed by atoms with Crippen molar-refractivity contribution < 1.29 is 18.4 Å². The second-order valence-corrected chi connectivity index (χ2v) is 5.23. The molecule has 2 heterocycles. The Kier molecular flexibility index (Phi) is 3.69. The molecule has 0 spiro atoms. The van der Waals surface area contributed by atoms with Crippen molar-refractivity contribution in [2.75, 3.05) is 6.54 Å². The van der Waals surface area contributed by atoms with Crippen molar-refractivity contribution in [2.24, 2.45) is 0 Å². The first-order chi connectivity index (χ1) is 10.0. The third-order valence-corrected chi connectivity index (χ3v) is 3.61. The highest BCUT2D eigenvalue weighted by Gasteiger charge is 2.34. The molecule has 3 rings (SSSR count). The minimum atomic E-state index is -0.592. The maximum absolute atomic E-state index is 13.9. The van der Waals surface area contributed by atoms with E-state index in [1.54, 1.807) is 6.92 Å². The normalized spacial score (nSPS) is 22.9. The molecule has 1 aliphatic heterocycles. The third kappa shape index (κ3) is 2.93. The van der Waals surface area contributed by atoms with Crippen LogP contribution in [0.3, 0.4) is 0 Å². The van der Waals surface area contributed by atoms with E-state index in [0.717, 1.165) is 12.1 Å². The van der Waals surface area contributed by atoms with Gasteiger partial charge in [0.2, 0.25) is 5.89 Å². The monoisotopic (exact) mass is 295 g/mol. The number of hydrogen-bond acceptors (Lipinski definition) is 5. The van der Waals surface area contributed by atoms with E-state index < -0.39 is 23.8 Å². The number of rotatable bonds is 3. The number of aryl methyl sites for hydroxylation is 1. The van der Waals surface area contributed by atoms with Gasteiger partial charge in [-0.1, -0.05) is 5.16 Å². The average Bonchev–Trinajstić information content (AvgIpc) is 2.99. The van der Waals surface area contributed by atoms with Gasteiger partial charge in [0, 0.05) is 25.1 Å². The van der Waals surface area contributed by atoms with E-state index in [1.165, 1.54) is 6.07 Å². The van der Waals surface area contributed by atoms with Crippen molar-refractivity contribution in [1.29, 1.82) is 0 Å². The lowest BCUT2D eigenvalue weighted by molar-refractivity contribution is 0.170. The van der Waals surface area contributed by atoms with Crippen LogP contribution in [0.25, 0.3) is 0 Å². The first kappa shape index (κ1) is 14.1. The number of β-amino-alcohol motifs (C(OH)–C–C–N with tert-alkyl or cyclic N) is 1. The van der Waals surface area contributed by atoms with Crippen LogP contribution in [0.4, 0.5) is 8.78 Å². The topological polar surface area (TPSA) is 62.4 Å². The summed E-state index contributed by atoms with van der Waals surface area (Å²) in [5.41, 5.74) is 0.242. The Morgan fingerprint density at radius 1 is 1.43 bits per heavy atom. The lowest BCUT2D eigenvalue weighted by Crippen LogP contribution is -2.25. The van der Waals surface area contributed by atoms with Gasteiger partial charge < -0.3 is 9.63 Å². The first-order valence-corrected chi connectivity index (χ1v) is 6.69. The second kappa shape index (κ2) is 5.50. The van der Waals surface area contributed by atoms with Crippen LogP contribution in [0, 0.1) is 18.6 Å². The van der Waals surface area contributed by atoms with Crippen molar-refractivity contribution in [3.05, 3.63) is 47.1 Å². The van der Waals surface area contributed by atoms with Crippen molar-refractivity contribution in [1.82, 2.24) is 15.0 Å². The van der Waals surface area contributed by atoms with Gasteiger partial charge in [0.1, 0.15) is 11.6 Å². The van der Waals surface area contributed by atoms with Crippen molar-refractivity contribution in [2.45, 2.75) is 32.0 Å². The number of halogens is 2. The standard InChI is InChI=1S/C14H15F2N3O2/c1-8-17-14(18-21-8)7-19-6-10(20)5-13(19)11-4-9(15)2-3-12(11)16/h2-4,10,13,20H,5-7H2,1H3/t10-,13+/m1/s1. The number of aliphatic hydroxyl groups excluding tert-OH is 1. The predicted octanol–water partition coefficient (Wildman–Crippen LogP) is 1.96. The van der Waals surface area contributed by atoms with Gasteiger partial charge in [-0.3, -0.25) is 4.90 Å². The number of likely N-dealkylation sites (tertiary alicyclic amines) is 1. The van der Waals surface area contributed by atoms with E-state index >= 15 is 0 Å². The third-order valence-electron chi connectivity index (χ3n) is 3.61. The Hall–Kier alpha value is -1.86. The number of nitrogens with zero attached hydrogens (tertiary/aromatic N) is 3. The zero-order valence-corrected chi connectivity index (χ0v) is 11.5. The van der Waals surface area contributed by atoms with Crippen LogP contribution in [-0.4, -0.2) is 32.8 Å². The summed E-state index contributed by atoms with van der Waals surface area (Å²) in [5, 5.41) is 13.6. The maximum atomic E-state index is 13.9. The summed E-state index contributed by atoms with van der Waals surface area (Å²) in [6.07, 6.45) is -0.248. The summed E-state index contributed by atoms with van der Waals surface area (Å²) < 4.78 is 32.2. The molecule has 1 N–H and O–H groups in total. The van der Waals surface area contributed by atoms with Gasteiger partial charge in [-0.05, 0) is 24.6 Å². The fraction of sp³-hybridized carbons (Fsp3) is 0.429. The molecule has 5 nitrogen and oxygen atoms in total. The van der Waals surface area contributed by atoms with Crippen LogP contribution in [0.5, 0.6) is 0 Å². The molecule has 2 atom stereocenters. The lowest BCUT2D eigenvalue weighted by Gasteiger charge is -2.23. The molecular formula is C14H15F2N3O2. The number of benzene rings is 1. The van der Waals surface area contributed by atoms with E-state index in [-0.39, 0.29) is 5.56 Å². The molecule has 1 fully saturated rings. The van der Waals surface area contributed by atoms with Gasteiger partial charge in [0.05, 0.1) is 12.6 Å². The van der Waals surface area contributed by atoms with E-state index in [4.69, 9.17) is 4.52 Å². The van der Waals surface area contributed by atoms with E-state index in [2.05, 4.69) is 10.1 Å². The molecule has 0 unspecified atom stereocenters. The van der Waals surface area contributed by atoms with E-state index in [0.29, 0.717) is 31.2 Å². The van der Waals surface area contributed by atoms with Crippen LogP contribution in [-0.2, 0) is 6.54 Å². The molecule has 1 saturated heterocycles. The van der Waals surface area contributed by atoms with Gasteiger partial charge in [-0.2, -0.15) is 4.98 Å². The van der Waals surface area contributed by atoms with Crippen molar-refractivity contribution in [3.8, 4) is 0 Å².